The van der Waals surface area contributed by atoms with Gasteiger partial charge in [-0.3, -0.25) is 0 Å². The summed E-state index contributed by atoms with van der Waals surface area (Å²) >= 11 is 8.60. The Morgan fingerprint density at radius 3 is 2.81 bits per heavy atom. The highest BCUT2D eigenvalue weighted by atomic mass is 79.9. The Labute approximate surface area is 104 Å². The fourth-order valence-electron chi connectivity index (χ4n) is 0.986. The first-order valence-corrected chi connectivity index (χ1v) is 5.45. The zero-order chi connectivity index (χ0) is 12.3. The molecule has 1 aromatic heterocycles. The van der Waals surface area contributed by atoms with Crippen molar-refractivity contribution in [3.8, 4) is 0 Å². The van der Waals surface area contributed by atoms with Gasteiger partial charge in [-0.1, -0.05) is 11.6 Å². The molecule has 0 fully saturated rings. The lowest BCUT2D eigenvalue weighted by Gasteiger charge is -2.07. The standard InChI is InChI=1S/C9H7BrClF2NO2/c1-2-16-9(15)4-3-5(8(12)13)14-7(11)6(4)10/h3,8H,2H2,1H3. The van der Waals surface area contributed by atoms with Crippen LogP contribution < -0.4 is 0 Å². The molecule has 0 amide bonds. The van der Waals surface area contributed by atoms with Crippen LogP contribution in [0, 0.1) is 0 Å². The van der Waals surface area contributed by atoms with E-state index >= 15 is 0 Å². The van der Waals surface area contributed by atoms with E-state index in [1.54, 1.807) is 6.92 Å². The summed E-state index contributed by atoms with van der Waals surface area (Å²) in [4.78, 5) is 14.8. The van der Waals surface area contributed by atoms with Crippen LogP contribution >= 0.6 is 27.5 Å². The van der Waals surface area contributed by atoms with E-state index in [2.05, 4.69) is 20.9 Å². The van der Waals surface area contributed by atoms with Crippen molar-refractivity contribution in [3.05, 3.63) is 26.9 Å². The molecule has 1 aromatic rings. The van der Waals surface area contributed by atoms with Crippen molar-refractivity contribution < 1.29 is 18.3 Å². The number of hydrogen-bond acceptors (Lipinski definition) is 3. The highest BCUT2D eigenvalue weighted by Gasteiger charge is 2.20. The Morgan fingerprint density at radius 2 is 2.31 bits per heavy atom. The molecule has 1 rings (SSSR count). The molecule has 1 heterocycles. The third-order valence-corrected chi connectivity index (χ3v) is 2.96. The second-order valence-corrected chi connectivity index (χ2v) is 3.87. The van der Waals surface area contributed by atoms with Gasteiger partial charge in [0.15, 0.2) is 0 Å². The van der Waals surface area contributed by atoms with E-state index in [4.69, 9.17) is 16.3 Å². The van der Waals surface area contributed by atoms with E-state index in [-0.39, 0.29) is 21.8 Å². The molecule has 0 radical (unpaired) electrons. The maximum atomic E-state index is 12.4. The number of alkyl halides is 2. The number of aromatic nitrogens is 1. The number of nitrogens with zero attached hydrogens (tertiary/aromatic N) is 1. The number of carbonyl (C=O) groups is 1. The highest BCUT2D eigenvalue weighted by Crippen LogP contribution is 2.29. The summed E-state index contributed by atoms with van der Waals surface area (Å²) in [7, 11) is 0. The molecule has 0 unspecified atom stereocenters. The molecule has 7 heteroatoms. The molecule has 0 bridgehead atoms. The molecule has 0 aliphatic rings. The van der Waals surface area contributed by atoms with Gasteiger partial charge in [-0.25, -0.2) is 18.6 Å². The van der Waals surface area contributed by atoms with Gasteiger partial charge in [0.1, 0.15) is 10.8 Å². The molecule has 0 aliphatic carbocycles. The summed E-state index contributed by atoms with van der Waals surface area (Å²) in [6, 6.07) is 0.957. The second kappa shape index (κ2) is 5.54. The molecule has 0 atom stereocenters. The van der Waals surface area contributed by atoms with E-state index in [0.29, 0.717) is 0 Å². The van der Waals surface area contributed by atoms with Crippen molar-refractivity contribution in [1.82, 2.24) is 4.98 Å². The van der Waals surface area contributed by atoms with E-state index < -0.39 is 18.1 Å². The van der Waals surface area contributed by atoms with Crippen LogP contribution in [0.15, 0.2) is 10.5 Å². The van der Waals surface area contributed by atoms with Gasteiger partial charge >= 0.3 is 5.97 Å². The third kappa shape index (κ3) is 2.89. The Bertz CT molecular complexity index is 415. The minimum Gasteiger partial charge on any atom is -0.462 e. The number of esters is 1. The van der Waals surface area contributed by atoms with Gasteiger partial charge < -0.3 is 4.74 Å². The number of ether oxygens (including phenoxy) is 1. The van der Waals surface area contributed by atoms with Crippen molar-refractivity contribution in [2.75, 3.05) is 6.61 Å². The third-order valence-electron chi connectivity index (χ3n) is 1.66. The highest BCUT2D eigenvalue weighted by molar-refractivity contribution is 9.10. The SMILES string of the molecule is CCOC(=O)c1cc(C(F)F)nc(Cl)c1Br. The minimum atomic E-state index is -2.79. The van der Waals surface area contributed by atoms with Gasteiger partial charge in [0.05, 0.1) is 16.6 Å². The van der Waals surface area contributed by atoms with Crippen molar-refractivity contribution in [1.29, 1.82) is 0 Å². The topological polar surface area (TPSA) is 39.2 Å². The zero-order valence-corrected chi connectivity index (χ0v) is 10.5. The smallest absolute Gasteiger partial charge is 0.339 e. The van der Waals surface area contributed by atoms with E-state index in [1.807, 2.05) is 0 Å². The molecular weight excluding hydrogens is 307 g/mol. The largest absolute Gasteiger partial charge is 0.462 e. The van der Waals surface area contributed by atoms with Crippen molar-refractivity contribution >= 4 is 33.5 Å². The maximum Gasteiger partial charge on any atom is 0.339 e. The Hall–Kier alpha value is -0.750. The van der Waals surface area contributed by atoms with Crippen LogP contribution in [-0.2, 0) is 4.74 Å². The van der Waals surface area contributed by atoms with Crippen LogP contribution in [0.5, 0.6) is 0 Å². The minimum absolute atomic E-state index is 0.0582. The molecule has 16 heavy (non-hydrogen) atoms. The normalized spacial score (nSPS) is 10.6. The van der Waals surface area contributed by atoms with E-state index in [1.165, 1.54) is 0 Å². The number of carbonyl (C=O) groups excluding carboxylic acids is 1. The molecule has 0 aliphatic heterocycles. The number of halogens is 4. The van der Waals surface area contributed by atoms with E-state index in [9.17, 15) is 13.6 Å². The Kier molecular flexibility index (Phi) is 4.61. The van der Waals surface area contributed by atoms with Crippen LogP contribution in [0.4, 0.5) is 8.78 Å². The first kappa shape index (κ1) is 13.3. The predicted octanol–water partition coefficient (Wildman–Crippen LogP) is 3.61. The number of hydrogen-bond donors (Lipinski definition) is 0. The fraction of sp³-hybridized carbons (Fsp3) is 0.333. The lowest BCUT2D eigenvalue weighted by Crippen LogP contribution is -2.08. The number of rotatable bonds is 3. The van der Waals surface area contributed by atoms with Crippen molar-refractivity contribution in [2.45, 2.75) is 13.3 Å². The van der Waals surface area contributed by atoms with Gasteiger partial charge in [0.2, 0.25) is 0 Å². The van der Waals surface area contributed by atoms with Crippen molar-refractivity contribution in [2.24, 2.45) is 0 Å². The van der Waals surface area contributed by atoms with Crippen LogP contribution in [0.2, 0.25) is 5.15 Å². The second-order valence-electron chi connectivity index (χ2n) is 2.72. The molecule has 0 N–H and O–H groups in total. The molecule has 0 saturated carbocycles. The van der Waals surface area contributed by atoms with E-state index in [0.717, 1.165) is 6.07 Å². The molecule has 0 saturated heterocycles. The summed E-state index contributed by atoms with van der Waals surface area (Å²) in [6.07, 6.45) is -2.79. The number of pyridine rings is 1. The lowest BCUT2D eigenvalue weighted by molar-refractivity contribution is 0.0524. The summed E-state index contributed by atoms with van der Waals surface area (Å²) < 4.78 is 29.7. The van der Waals surface area contributed by atoms with Gasteiger partial charge in [-0.15, -0.1) is 0 Å². The average Bonchev–Trinajstić information content (AvgIpc) is 2.21. The molecular formula is C9H7BrClF2NO2. The van der Waals surface area contributed by atoms with Crippen LogP contribution in [0.3, 0.4) is 0 Å². The van der Waals surface area contributed by atoms with Gasteiger partial charge in [-0.05, 0) is 28.9 Å². The summed E-state index contributed by atoms with van der Waals surface area (Å²) in [5.41, 5.74) is -0.617. The lowest BCUT2D eigenvalue weighted by atomic mass is 10.2. The zero-order valence-electron chi connectivity index (χ0n) is 8.14. The van der Waals surface area contributed by atoms with Crippen LogP contribution in [-0.4, -0.2) is 17.6 Å². The summed E-state index contributed by atoms with van der Waals surface area (Å²) in [5, 5.41) is -0.194. The quantitative estimate of drug-likeness (QED) is 0.632. The van der Waals surface area contributed by atoms with Gasteiger partial charge in [-0.2, -0.15) is 0 Å². The fourth-order valence-corrected chi connectivity index (χ4v) is 1.55. The first-order valence-electron chi connectivity index (χ1n) is 4.28. The van der Waals surface area contributed by atoms with Crippen LogP contribution in [0.1, 0.15) is 29.4 Å². The molecule has 88 valence electrons. The van der Waals surface area contributed by atoms with Crippen LogP contribution in [0.25, 0.3) is 0 Å². The monoisotopic (exact) mass is 313 g/mol. The Balaban J connectivity index is 3.21. The molecule has 0 spiro atoms. The molecule has 0 aromatic carbocycles. The first-order chi connectivity index (χ1) is 7.47. The van der Waals surface area contributed by atoms with Gasteiger partial charge in [0.25, 0.3) is 6.43 Å². The summed E-state index contributed by atoms with van der Waals surface area (Å²) in [5.74, 6) is -0.722. The van der Waals surface area contributed by atoms with Gasteiger partial charge in [0, 0.05) is 0 Å². The van der Waals surface area contributed by atoms with Crippen molar-refractivity contribution in [3.63, 3.8) is 0 Å². The Morgan fingerprint density at radius 1 is 1.69 bits per heavy atom. The summed E-state index contributed by atoms with van der Waals surface area (Å²) in [6.45, 7) is 1.76. The maximum absolute atomic E-state index is 12.4. The predicted molar refractivity (Wildman–Crippen MR) is 57.9 cm³/mol. The molecule has 3 nitrogen and oxygen atoms in total. The average molecular weight is 315 g/mol.